The van der Waals surface area contributed by atoms with E-state index < -0.39 is 36.4 Å². The summed E-state index contributed by atoms with van der Waals surface area (Å²) in [5, 5.41) is 29.8. The van der Waals surface area contributed by atoms with Crippen LogP contribution in [0.25, 0.3) is 15.5 Å². The maximum absolute atomic E-state index is 11.0. The molecule has 0 spiro atoms. The number of aryl methyl sites for hydroxylation is 1. The van der Waals surface area contributed by atoms with Gasteiger partial charge in [0.25, 0.3) is 5.82 Å². The predicted molar refractivity (Wildman–Crippen MR) is 127 cm³/mol. The Kier molecular flexibility index (Phi) is 7.66. The second kappa shape index (κ2) is 10.3. The van der Waals surface area contributed by atoms with Gasteiger partial charge in [-0.05, 0) is 28.9 Å². The molecule has 0 saturated carbocycles. The molecule has 1 aliphatic rings. The van der Waals surface area contributed by atoms with E-state index in [0.717, 1.165) is 0 Å². The first-order valence-electron chi connectivity index (χ1n) is 9.58. The van der Waals surface area contributed by atoms with E-state index in [-0.39, 0.29) is 5.82 Å². The lowest BCUT2D eigenvalue weighted by Crippen LogP contribution is -2.55. The minimum atomic E-state index is -1.13. The van der Waals surface area contributed by atoms with Crippen LogP contribution in [0.15, 0.2) is 27.8 Å². The minimum Gasteiger partial charge on any atom is -0.394 e. The number of aromatic nitrogens is 5. The van der Waals surface area contributed by atoms with Crippen molar-refractivity contribution in [1.82, 2.24) is 25.0 Å². The maximum Gasteiger partial charge on any atom is 0.283 e. The van der Waals surface area contributed by atoms with Gasteiger partial charge in [0.15, 0.2) is 0 Å². The molecule has 4 heterocycles. The van der Waals surface area contributed by atoms with Crippen LogP contribution < -0.4 is 0 Å². The molecule has 2 N–H and O–H groups in total. The Morgan fingerprint density at radius 1 is 1.48 bits per heavy atom. The summed E-state index contributed by atoms with van der Waals surface area (Å²) in [5.41, 5.74) is 0.517. The molecule has 3 aromatic heterocycles. The molecule has 0 aliphatic carbocycles. The molecule has 0 aromatic carbocycles. The van der Waals surface area contributed by atoms with Gasteiger partial charge in [-0.2, -0.15) is 0 Å². The molecular weight excluding hydrogens is 556 g/mol. The van der Waals surface area contributed by atoms with Crippen LogP contribution in [0.1, 0.15) is 11.7 Å². The summed E-state index contributed by atoms with van der Waals surface area (Å²) < 4.78 is 14.5. The lowest BCUT2D eigenvalue weighted by Gasteiger charge is -2.43. The second-order valence-electron chi connectivity index (χ2n) is 7.07. The van der Waals surface area contributed by atoms with Gasteiger partial charge in [-0.25, -0.2) is 9.67 Å². The van der Waals surface area contributed by atoms with Crippen LogP contribution in [-0.4, -0.2) is 72.6 Å². The number of halogens is 2. The zero-order chi connectivity index (χ0) is 23.7. The topological polar surface area (TPSA) is 120 Å². The van der Waals surface area contributed by atoms with Gasteiger partial charge in [0.2, 0.25) is 0 Å². The quantitative estimate of drug-likeness (QED) is 0.427. The van der Waals surface area contributed by atoms with E-state index in [1.807, 2.05) is 0 Å². The van der Waals surface area contributed by atoms with Gasteiger partial charge in [0.05, 0.1) is 23.0 Å². The number of nitrogens with zero attached hydrogens (tertiary/aromatic N) is 6. The third-order valence-corrected chi connectivity index (χ3v) is 8.09. The number of thioether (sulfide) groups is 1. The van der Waals surface area contributed by atoms with Crippen LogP contribution in [0, 0.1) is 13.5 Å². The van der Waals surface area contributed by atoms with Gasteiger partial charge >= 0.3 is 0 Å². The SMILES string of the molecule is [C-]#[N+]c1ncc(Br)cc1S[C@H]1OC(CO)[C@H](O)[C@H](n2cc(-c3nc(C)c(Cl)s3)nn2)C1OC. The van der Waals surface area contributed by atoms with Crippen LogP contribution in [0.5, 0.6) is 0 Å². The summed E-state index contributed by atoms with van der Waals surface area (Å²) >= 11 is 12.0. The molecule has 0 bridgehead atoms. The zero-order valence-corrected chi connectivity index (χ0v) is 21.3. The molecule has 174 valence electrons. The lowest BCUT2D eigenvalue weighted by molar-refractivity contribution is -0.186. The number of thiazole rings is 1. The Labute approximate surface area is 210 Å². The summed E-state index contributed by atoms with van der Waals surface area (Å²) in [7, 11) is 1.50. The van der Waals surface area contributed by atoms with Crippen molar-refractivity contribution in [2.75, 3.05) is 13.7 Å². The highest BCUT2D eigenvalue weighted by Crippen LogP contribution is 2.42. The molecule has 3 aromatic rings. The molecule has 1 aliphatic heterocycles. The number of methoxy groups -OCH3 is 1. The summed E-state index contributed by atoms with van der Waals surface area (Å²) in [4.78, 5) is 12.6. The average Bonchev–Trinajstić information content (AvgIpc) is 3.41. The molecule has 33 heavy (non-hydrogen) atoms. The van der Waals surface area contributed by atoms with Crippen LogP contribution in [0.4, 0.5) is 5.82 Å². The smallest absolute Gasteiger partial charge is 0.283 e. The number of pyridine rings is 1. The summed E-state index contributed by atoms with van der Waals surface area (Å²) in [6, 6.07) is 1.03. The number of hydrogen-bond acceptors (Lipinski definition) is 10. The van der Waals surface area contributed by atoms with Crippen molar-refractivity contribution in [3.05, 3.63) is 44.4 Å². The fourth-order valence-electron chi connectivity index (χ4n) is 3.43. The van der Waals surface area contributed by atoms with Crippen LogP contribution in [0.3, 0.4) is 0 Å². The van der Waals surface area contributed by atoms with Crippen LogP contribution >= 0.6 is 50.6 Å². The van der Waals surface area contributed by atoms with Gasteiger partial charge in [-0.3, -0.25) is 0 Å². The molecule has 0 radical (unpaired) electrons. The van der Waals surface area contributed by atoms with E-state index in [0.29, 0.717) is 30.1 Å². The highest BCUT2D eigenvalue weighted by Gasteiger charge is 2.47. The normalized spacial score (nSPS) is 25.2. The van der Waals surface area contributed by atoms with Crippen LogP contribution in [0.2, 0.25) is 4.34 Å². The molecule has 0 amide bonds. The molecule has 2 unspecified atom stereocenters. The lowest BCUT2D eigenvalue weighted by atomic mass is 9.97. The number of hydrogen-bond donors (Lipinski definition) is 2. The fourth-order valence-corrected chi connectivity index (χ4v) is 6.17. The van der Waals surface area contributed by atoms with E-state index in [4.69, 9.17) is 27.6 Å². The van der Waals surface area contributed by atoms with Crippen molar-refractivity contribution < 1.29 is 19.7 Å². The Bertz CT molecular complexity index is 1170. The van der Waals surface area contributed by atoms with E-state index in [1.54, 1.807) is 25.4 Å². The molecule has 1 saturated heterocycles. The largest absolute Gasteiger partial charge is 0.394 e. The Morgan fingerprint density at radius 3 is 2.91 bits per heavy atom. The van der Waals surface area contributed by atoms with Crippen molar-refractivity contribution in [1.29, 1.82) is 0 Å². The minimum absolute atomic E-state index is 0.212. The summed E-state index contributed by atoms with van der Waals surface area (Å²) in [5.74, 6) is 0.212. The first-order chi connectivity index (χ1) is 15.9. The average molecular weight is 574 g/mol. The van der Waals surface area contributed by atoms with Crippen molar-refractivity contribution in [2.45, 2.75) is 41.6 Å². The first-order valence-corrected chi connectivity index (χ1v) is 12.4. The molecule has 5 atom stereocenters. The predicted octanol–water partition coefficient (Wildman–Crippen LogP) is 3.50. The highest BCUT2D eigenvalue weighted by atomic mass is 79.9. The monoisotopic (exact) mass is 572 g/mol. The number of aliphatic hydroxyl groups is 2. The van der Waals surface area contributed by atoms with Gasteiger partial charge < -0.3 is 24.5 Å². The van der Waals surface area contributed by atoms with Gasteiger partial charge in [0.1, 0.15) is 51.0 Å². The molecule has 14 heteroatoms. The molecule has 4 rings (SSSR count). The second-order valence-corrected chi connectivity index (χ2v) is 10.7. The van der Waals surface area contributed by atoms with Gasteiger partial charge in [-0.1, -0.05) is 34.7 Å². The zero-order valence-electron chi connectivity index (χ0n) is 17.3. The molecule has 10 nitrogen and oxygen atoms in total. The number of rotatable bonds is 6. The third-order valence-electron chi connectivity index (χ3n) is 5.02. The number of ether oxygens (including phenoxy) is 2. The fraction of sp³-hybridized carbons (Fsp3) is 0.421. The Balaban J connectivity index is 1.68. The summed E-state index contributed by atoms with van der Waals surface area (Å²) in [6.07, 6.45) is 0.468. The van der Waals surface area contributed by atoms with Gasteiger partial charge in [-0.15, -0.1) is 21.8 Å². The van der Waals surface area contributed by atoms with Crippen molar-refractivity contribution in [3.63, 3.8) is 0 Å². The standard InChI is InChI=1S/C19H18BrClN6O4S2/c1-8-16(21)33-18(24-8)10-6-27(26-25-10)13-14(29)11(7-28)31-19(15(13)30-3)32-12-4-9(20)5-23-17(12)22-2/h4-6,11,13-15,19,28-29H,7H2,1,3H3/t11?,13-,14-,15?,19+/m0/s1. The van der Waals surface area contributed by atoms with E-state index in [1.165, 1.54) is 34.9 Å². The Hall–Kier alpha value is -1.63. The summed E-state index contributed by atoms with van der Waals surface area (Å²) in [6.45, 7) is 8.78. The Morgan fingerprint density at radius 2 is 2.27 bits per heavy atom. The first kappa shape index (κ1) is 24.5. The van der Waals surface area contributed by atoms with E-state index in [2.05, 4.69) is 41.1 Å². The van der Waals surface area contributed by atoms with Gasteiger partial charge in [0, 0.05) is 12.0 Å². The molecule has 1 fully saturated rings. The van der Waals surface area contributed by atoms with E-state index in [9.17, 15) is 10.2 Å². The van der Waals surface area contributed by atoms with Crippen molar-refractivity contribution in [2.24, 2.45) is 0 Å². The van der Waals surface area contributed by atoms with Crippen molar-refractivity contribution >= 4 is 56.4 Å². The highest BCUT2D eigenvalue weighted by molar-refractivity contribution is 9.10. The number of aliphatic hydroxyl groups excluding tert-OH is 2. The van der Waals surface area contributed by atoms with E-state index >= 15 is 0 Å². The third kappa shape index (κ3) is 4.94. The van der Waals surface area contributed by atoms with Crippen molar-refractivity contribution in [3.8, 4) is 10.7 Å². The van der Waals surface area contributed by atoms with Crippen LogP contribution in [-0.2, 0) is 9.47 Å². The maximum atomic E-state index is 11.0. The molecular formula is C19H18BrClN6O4S2.